The van der Waals surface area contributed by atoms with E-state index in [2.05, 4.69) is 20.0 Å². The molecule has 28 heavy (non-hydrogen) atoms. The van der Waals surface area contributed by atoms with Crippen molar-refractivity contribution < 1.29 is 75.0 Å². The van der Waals surface area contributed by atoms with Gasteiger partial charge < -0.3 is 4.79 Å². The Balaban J connectivity index is 0.00000140. The number of Topliss-reactive ketones (excluding diaryl/α,β-unsaturated/α-hetero) is 1. The van der Waals surface area contributed by atoms with Crippen molar-refractivity contribution in [2.45, 2.75) is 26.2 Å². The number of ketones is 1. The molecule has 136 valence electrons. The third-order valence-electron chi connectivity index (χ3n) is 4.63. The minimum atomic E-state index is 0. The van der Waals surface area contributed by atoms with Crippen LogP contribution < -0.4 is 21.4 Å². The molecule has 2 heterocycles. The maximum Gasteiger partial charge on any atom is 0.134 e. The third kappa shape index (κ3) is 4.67. The summed E-state index contributed by atoms with van der Waals surface area (Å²) in [6.45, 7) is 2.38. The first-order valence-corrected chi connectivity index (χ1v) is 8.51. The van der Waals surface area contributed by atoms with Crippen LogP contribution in [0.5, 0.6) is 0 Å². The molecule has 0 saturated heterocycles. The first kappa shape index (κ1) is 23.5. The molecule has 8 heteroatoms. The fraction of sp³-hybridized carbons (Fsp3) is 0.300. The molecule has 0 aliphatic carbocycles. The quantitative estimate of drug-likeness (QED) is 0.478. The van der Waals surface area contributed by atoms with Crippen LogP contribution in [0.15, 0.2) is 44.2 Å². The molecule has 2 aromatic rings. The van der Waals surface area contributed by atoms with Crippen molar-refractivity contribution in [3.05, 3.63) is 67.9 Å². The molecule has 4 rings (SSSR count). The van der Waals surface area contributed by atoms with Gasteiger partial charge in [0.25, 0.3) is 0 Å². The van der Waals surface area contributed by atoms with Crippen LogP contribution in [0.3, 0.4) is 0 Å². The fourth-order valence-corrected chi connectivity index (χ4v) is 3.51. The van der Waals surface area contributed by atoms with Gasteiger partial charge in [0, 0.05) is 78.3 Å². The normalized spacial score (nSPS) is 12.8. The molecule has 0 atom stereocenters. The van der Waals surface area contributed by atoms with Gasteiger partial charge in [-0.3, -0.25) is 31.1 Å². The second kappa shape index (κ2) is 10.3. The second-order valence-corrected chi connectivity index (χ2v) is 6.45. The van der Waals surface area contributed by atoms with Gasteiger partial charge in [-0.15, -0.1) is 6.42 Å². The predicted octanol–water partition coefficient (Wildman–Crippen LogP) is -0.523. The van der Waals surface area contributed by atoms with E-state index in [-0.39, 0.29) is 77.6 Å². The van der Waals surface area contributed by atoms with Crippen molar-refractivity contribution in [2.75, 3.05) is 13.3 Å². The average Bonchev–Trinajstić information content (AvgIpc) is 3.28. The SMILES string of the molecule is CC(=O)Cc1ccc(Cc2ccc(C[C-]=O)c3c2=NCN=3)c2c1=NCN=2.[Y].[Y]. The minimum Gasteiger partial charge on any atom is -0.541 e. The van der Waals surface area contributed by atoms with Crippen molar-refractivity contribution in [1.82, 2.24) is 0 Å². The van der Waals surface area contributed by atoms with Crippen molar-refractivity contribution >= 4 is 12.1 Å². The van der Waals surface area contributed by atoms with Crippen molar-refractivity contribution in [3.8, 4) is 0 Å². The molecule has 0 saturated carbocycles. The van der Waals surface area contributed by atoms with Gasteiger partial charge in [-0.1, -0.05) is 24.3 Å². The largest absolute Gasteiger partial charge is 0.541 e. The molecule has 2 aromatic carbocycles. The Morgan fingerprint density at radius 2 is 1.25 bits per heavy atom. The van der Waals surface area contributed by atoms with Crippen LogP contribution in [0.2, 0.25) is 0 Å². The van der Waals surface area contributed by atoms with E-state index in [9.17, 15) is 9.59 Å². The number of rotatable bonds is 6. The molecule has 0 N–H and O–H groups in total. The summed E-state index contributed by atoms with van der Waals surface area (Å²) in [5.74, 6) is 0.114. The molecule has 6 nitrogen and oxygen atoms in total. The Morgan fingerprint density at radius 1 is 0.821 bits per heavy atom. The molecular weight excluding hydrogens is 506 g/mol. The Kier molecular flexibility index (Phi) is 8.62. The molecule has 0 unspecified atom stereocenters. The summed E-state index contributed by atoms with van der Waals surface area (Å²) in [6, 6.07) is 7.91. The Bertz CT molecular complexity index is 1180. The van der Waals surface area contributed by atoms with E-state index in [1.165, 1.54) is 0 Å². The summed E-state index contributed by atoms with van der Waals surface area (Å²) in [4.78, 5) is 40.1. The summed E-state index contributed by atoms with van der Waals surface area (Å²) < 4.78 is 0. The number of carbonyl (C=O) groups excluding carboxylic acids is 2. The molecule has 0 fully saturated rings. The van der Waals surface area contributed by atoms with Crippen LogP contribution in [0.1, 0.15) is 29.2 Å². The molecular formula is C20H17N4O2Y2-. The summed E-state index contributed by atoms with van der Waals surface area (Å²) in [7, 11) is 0. The van der Waals surface area contributed by atoms with Gasteiger partial charge in [0.2, 0.25) is 0 Å². The van der Waals surface area contributed by atoms with Crippen molar-refractivity contribution in [2.24, 2.45) is 20.0 Å². The van der Waals surface area contributed by atoms with Crippen LogP contribution in [-0.4, -0.2) is 25.4 Å². The maximum atomic E-state index is 11.5. The summed E-state index contributed by atoms with van der Waals surface area (Å²) in [6.07, 6.45) is 3.20. The fourth-order valence-electron chi connectivity index (χ4n) is 3.51. The van der Waals surface area contributed by atoms with Crippen LogP contribution in [0.25, 0.3) is 0 Å². The van der Waals surface area contributed by atoms with E-state index < -0.39 is 0 Å². The van der Waals surface area contributed by atoms with Gasteiger partial charge in [-0.25, -0.2) is 0 Å². The number of benzene rings is 2. The number of fused-ring (bicyclic) bond motifs is 2. The summed E-state index contributed by atoms with van der Waals surface area (Å²) in [5, 5.41) is 3.37. The number of nitrogens with zero attached hydrogens (tertiary/aromatic N) is 4. The monoisotopic (exact) mass is 523 g/mol. The zero-order valence-corrected chi connectivity index (χ0v) is 21.3. The van der Waals surface area contributed by atoms with Crippen molar-refractivity contribution in [3.63, 3.8) is 0 Å². The van der Waals surface area contributed by atoms with Gasteiger partial charge in [-0.2, -0.15) is 0 Å². The minimum absolute atomic E-state index is 0. The van der Waals surface area contributed by atoms with Crippen LogP contribution in [0.4, 0.5) is 0 Å². The van der Waals surface area contributed by atoms with Crippen LogP contribution >= 0.6 is 0 Å². The topological polar surface area (TPSA) is 83.6 Å². The van der Waals surface area contributed by atoms with E-state index in [4.69, 9.17) is 0 Å². The first-order chi connectivity index (χ1) is 12.7. The molecule has 0 aromatic heterocycles. The van der Waals surface area contributed by atoms with Gasteiger partial charge in [0.05, 0.1) is 21.4 Å². The van der Waals surface area contributed by atoms with Gasteiger partial charge in [0.1, 0.15) is 19.1 Å². The van der Waals surface area contributed by atoms with E-state index in [1.54, 1.807) is 6.92 Å². The Hall–Kier alpha value is -0.812. The first-order valence-electron chi connectivity index (χ1n) is 8.51. The smallest absolute Gasteiger partial charge is 0.134 e. The summed E-state index contributed by atoms with van der Waals surface area (Å²) in [5.41, 5.74) is 3.91. The molecule has 2 aliphatic rings. The molecule has 2 radical (unpaired) electrons. The molecule has 0 bridgehead atoms. The summed E-state index contributed by atoms with van der Waals surface area (Å²) >= 11 is 0. The van der Waals surface area contributed by atoms with Crippen LogP contribution in [-0.2, 0) is 94.3 Å². The van der Waals surface area contributed by atoms with Gasteiger partial charge in [-0.05, 0) is 29.2 Å². The van der Waals surface area contributed by atoms with Crippen LogP contribution in [0, 0.1) is 0 Å². The van der Waals surface area contributed by atoms with E-state index in [0.717, 1.165) is 43.7 Å². The van der Waals surface area contributed by atoms with Crippen molar-refractivity contribution in [1.29, 1.82) is 0 Å². The Labute approximate surface area is 212 Å². The molecule has 2 aliphatic heterocycles. The average molecular weight is 523 g/mol. The zero-order chi connectivity index (χ0) is 18.1. The van der Waals surface area contributed by atoms with Gasteiger partial charge in [0.15, 0.2) is 0 Å². The zero-order valence-electron chi connectivity index (χ0n) is 15.6. The van der Waals surface area contributed by atoms with Gasteiger partial charge >= 0.3 is 0 Å². The number of carbonyl (C=O) groups is 1. The second-order valence-electron chi connectivity index (χ2n) is 6.45. The number of hydrogen-bond acceptors (Lipinski definition) is 6. The Morgan fingerprint density at radius 3 is 1.75 bits per heavy atom. The van der Waals surface area contributed by atoms with E-state index in [1.807, 2.05) is 30.6 Å². The van der Waals surface area contributed by atoms with E-state index >= 15 is 0 Å². The standard InChI is InChI=1S/C20H17N4O2.2Y/c1-12(26)8-14-4-5-16(20-18(14)22-11-24-20)9-15-3-2-13(6-7-25)17-19(15)23-10-21-17;;/h2-5H,6,8-11H2,1H3;;/q-1;;. The number of hydrogen-bond donors (Lipinski definition) is 0. The maximum absolute atomic E-state index is 11.5. The van der Waals surface area contributed by atoms with E-state index in [0.29, 0.717) is 26.2 Å². The third-order valence-corrected chi connectivity index (χ3v) is 4.63. The predicted molar refractivity (Wildman–Crippen MR) is 93.8 cm³/mol. The molecule has 0 spiro atoms. The molecule has 0 amide bonds.